The topological polar surface area (TPSA) is 67.1 Å². The summed E-state index contributed by atoms with van der Waals surface area (Å²) in [7, 11) is 0. The van der Waals surface area contributed by atoms with Crippen LogP contribution in [0.2, 0.25) is 0 Å². The predicted molar refractivity (Wildman–Crippen MR) is 58.6 cm³/mol. The van der Waals surface area contributed by atoms with E-state index < -0.39 is 0 Å². The minimum absolute atomic E-state index is 0.181. The van der Waals surface area contributed by atoms with Crippen molar-refractivity contribution in [1.29, 1.82) is 0 Å². The Labute approximate surface area is 95.2 Å². The van der Waals surface area contributed by atoms with E-state index in [2.05, 4.69) is 27.3 Å². The molecule has 2 rings (SSSR count). The highest BCUT2D eigenvalue weighted by atomic mass is 16.3. The third-order valence-electron chi connectivity index (χ3n) is 2.94. The minimum Gasteiger partial charge on any atom is -0.392 e. The third-order valence-corrected chi connectivity index (χ3v) is 2.94. The maximum Gasteiger partial charge on any atom is 0.165 e. The van der Waals surface area contributed by atoms with Gasteiger partial charge >= 0.3 is 0 Å². The van der Waals surface area contributed by atoms with Crippen LogP contribution in [0.4, 0.5) is 0 Å². The van der Waals surface area contributed by atoms with E-state index in [1.54, 1.807) is 0 Å². The average Bonchev–Trinajstić information content (AvgIpc) is 2.86. The molecule has 1 aliphatic heterocycles. The summed E-state index contributed by atoms with van der Waals surface area (Å²) in [6.07, 6.45) is 2.92. The first kappa shape index (κ1) is 11.5. The van der Waals surface area contributed by atoms with E-state index in [9.17, 15) is 5.11 Å². The molecule has 1 fully saturated rings. The number of aliphatic hydroxyl groups excluding tert-OH is 1. The van der Waals surface area contributed by atoms with Crippen LogP contribution in [-0.4, -0.2) is 49.4 Å². The van der Waals surface area contributed by atoms with Crippen molar-refractivity contribution in [3.63, 3.8) is 0 Å². The molecule has 2 heterocycles. The Balaban J connectivity index is 1.90. The molecule has 1 saturated heterocycles. The first-order valence-corrected chi connectivity index (χ1v) is 5.95. The van der Waals surface area contributed by atoms with E-state index in [0.29, 0.717) is 0 Å². The highest BCUT2D eigenvalue weighted by Gasteiger charge is 2.21. The van der Waals surface area contributed by atoms with Crippen molar-refractivity contribution in [2.24, 2.45) is 0 Å². The summed E-state index contributed by atoms with van der Waals surface area (Å²) in [6, 6.07) is 0. The van der Waals surface area contributed by atoms with Crippen LogP contribution < -0.4 is 0 Å². The molecular weight excluding hydrogens is 206 g/mol. The molecule has 1 N–H and O–H groups in total. The molecule has 0 aromatic carbocycles. The zero-order chi connectivity index (χ0) is 11.4. The van der Waals surface area contributed by atoms with Crippen LogP contribution in [0, 0.1) is 0 Å². The second kappa shape index (κ2) is 5.36. The number of aromatic nitrogens is 4. The van der Waals surface area contributed by atoms with Gasteiger partial charge in [-0.1, -0.05) is 13.3 Å². The van der Waals surface area contributed by atoms with Gasteiger partial charge in [-0.3, -0.25) is 4.90 Å². The molecule has 1 atom stereocenters. The van der Waals surface area contributed by atoms with E-state index in [1.165, 1.54) is 0 Å². The van der Waals surface area contributed by atoms with Crippen molar-refractivity contribution in [2.45, 2.75) is 45.4 Å². The Morgan fingerprint density at radius 2 is 2.38 bits per heavy atom. The summed E-state index contributed by atoms with van der Waals surface area (Å²) in [5.74, 6) is 0.905. The fraction of sp³-hybridized carbons (Fsp3) is 0.900. The van der Waals surface area contributed by atoms with E-state index in [0.717, 1.165) is 51.3 Å². The van der Waals surface area contributed by atoms with Crippen LogP contribution in [-0.2, 0) is 13.1 Å². The number of aryl methyl sites for hydroxylation is 1. The smallest absolute Gasteiger partial charge is 0.165 e. The highest BCUT2D eigenvalue weighted by Crippen LogP contribution is 2.11. The number of likely N-dealkylation sites (tertiary alicyclic amines) is 1. The Morgan fingerprint density at radius 3 is 3.06 bits per heavy atom. The van der Waals surface area contributed by atoms with Gasteiger partial charge in [0.2, 0.25) is 0 Å². The maximum absolute atomic E-state index is 9.44. The normalized spacial score (nSPS) is 21.8. The lowest BCUT2D eigenvalue weighted by molar-refractivity contribution is 0.173. The van der Waals surface area contributed by atoms with Crippen molar-refractivity contribution in [3.8, 4) is 0 Å². The van der Waals surface area contributed by atoms with Crippen LogP contribution in [0.25, 0.3) is 0 Å². The number of hydrogen-bond acceptors (Lipinski definition) is 5. The highest BCUT2D eigenvalue weighted by molar-refractivity contribution is 4.84. The second-order valence-corrected chi connectivity index (χ2v) is 4.35. The van der Waals surface area contributed by atoms with Gasteiger partial charge in [0.15, 0.2) is 5.82 Å². The van der Waals surface area contributed by atoms with Gasteiger partial charge in [-0.2, -0.15) is 0 Å². The minimum atomic E-state index is -0.181. The summed E-state index contributed by atoms with van der Waals surface area (Å²) >= 11 is 0. The number of unbranched alkanes of at least 4 members (excludes halogenated alkanes) is 1. The monoisotopic (exact) mass is 225 g/mol. The van der Waals surface area contributed by atoms with Crippen LogP contribution in [0.15, 0.2) is 0 Å². The largest absolute Gasteiger partial charge is 0.392 e. The molecule has 0 bridgehead atoms. The van der Waals surface area contributed by atoms with Gasteiger partial charge in [0.1, 0.15) is 0 Å². The van der Waals surface area contributed by atoms with Gasteiger partial charge in [0.05, 0.1) is 12.6 Å². The van der Waals surface area contributed by atoms with E-state index in [-0.39, 0.29) is 6.10 Å². The van der Waals surface area contributed by atoms with E-state index in [4.69, 9.17) is 0 Å². The van der Waals surface area contributed by atoms with Crippen molar-refractivity contribution >= 4 is 0 Å². The molecule has 16 heavy (non-hydrogen) atoms. The summed E-state index contributed by atoms with van der Waals surface area (Å²) < 4.78 is 1.87. The van der Waals surface area contributed by atoms with Crippen LogP contribution in [0.5, 0.6) is 0 Å². The van der Waals surface area contributed by atoms with Gasteiger partial charge in [-0.05, 0) is 23.3 Å². The van der Waals surface area contributed by atoms with Crippen LogP contribution in [0.3, 0.4) is 0 Å². The Bertz CT molecular complexity index is 327. The molecule has 1 aromatic heterocycles. The number of tetrazole rings is 1. The number of hydrogen-bond donors (Lipinski definition) is 1. The molecule has 90 valence electrons. The van der Waals surface area contributed by atoms with Crippen molar-refractivity contribution in [3.05, 3.63) is 5.82 Å². The summed E-state index contributed by atoms with van der Waals surface area (Å²) in [5.41, 5.74) is 0. The maximum atomic E-state index is 9.44. The van der Waals surface area contributed by atoms with E-state index >= 15 is 0 Å². The molecule has 0 amide bonds. The molecule has 0 saturated carbocycles. The van der Waals surface area contributed by atoms with Gasteiger partial charge in [0.25, 0.3) is 0 Å². The summed E-state index contributed by atoms with van der Waals surface area (Å²) in [6.45, 7) is 5.45. The van der Waals surface area contributed by atoms with Gasteiger partial charge < -0.3 is 5.11 Å². The molecule has 1 aliphatic rings. The lowest BCUT2D eigenvalue weighted by Crippen LogP contribution is -2.24. The average molecular weight is 225 g/mol. The van der Waals surface area contributed by atoms with Gasteiger partial charge in [-0.15, -0.1) is 5.10 Å². The lowest BCUT2D eigenvalue weighted by Gasteiger charge is -2.13. The Hall–Kier alpha value is -1.01. The Kier molecular flexibility index (Phi) is 3.84. The fourth-order valence-corrected chi connectivity index (χ4v) is 1.97. The number of aliphatic hydroxyl groups is 1. The molecule has 0 radical (unpaired) electrons. The quantitative estimate of drug-likeness (QED) is 0.766. The molecule has 0 spiro atoms. The zero-order valence-corrected chi connectivity index (χ0v) is 9.71. The molecule has 1 aromatic rings. The SMILES string of the molecule is CCCCn1nnnc1CN1CC[C@H](O)C1. The molecule has 0 unspecified atom stereocenters. The van der Waals surface area contributed by atoms with Gasteiger partial charge in [0, 0.05) is 19.6 Å². The molecule has 0 aliphatic carbocycles. The zero-order valence-electron chi connectivity index (χ0n) is 9.71. The molecule has 6 heteroatoms. The lowest BCUT2D eigenvalue weighted by atomic mass is 10.3. The third kappa shape index (κ3) is 2.76. The standard InChI is InChI=1S/C10H19N5O/c1-2-3-5-15-10(11-12-13-15)8-14-6-4-9(16)7-14/h9,16H,2-8H2,1H3/t9-/m0/s1. The predicted octanol–water partition coefficient (Wildman–Crippen LogP) is 0.0398. The Morgan fingerprint density at radius 1 is 1.50 bits per heavy atom. The fourth-order valence-electron chi connectivity index (χ4n) is 1.97. The molecule has 6 nitrogen and oxygen atoms in total. The number of nitrogens with zero attached hydrogens (tertiary/aromatic N) is 5. The van der Waals surface area contributed by atoms with Crippen molar-refractivity contribution in [1.82, 2.24) is 25.1 Å². The number of β-amino-alcohol motifs (C(OH)–C–C–N with tert-alkyl or cyclic N) is 1. The van der Waals surface area contributed by atoms with E-state index in [1.807, 2.05) is 4.68 Å². The first-order valence-electron chi connectivity index (χ1n) is 5.95. The molecular formula is C10H19N5O. The van der Waals surface area contributed by atoms with Crippen molar-refractivity contribution in [2.75, 3.05) is 13.1 Å². The second-order valence-electron chi connectivity index (χ2n) is 4.35. The van der Waals surface area contributed by atoms with Crippen LogP contribution in [0.1, 0.15) is 32.0 Å². The first-order chi connectivity index (χ1) is 7.79. The summed E-state index contributed by atoms with van der Waals surface area (Å²) in [4.78, 5) is 2.19. The summed E-state index contributed by atoms with van der Waals surface area (Å²) in [5, 5.41) is 21.2. The van der Waals surface area contributed by atoms with Crippen molar-refractivity contribution < 1.29 is 5.11 Å². The van der Waals surface area contributed by atoms with Crippen LogP contribution >= 0.6 is 0 Å². The van der Waals surface area contributed by atoms with Gasteiger partial charge in [-0.25, -0.2) is 4.68 Å². The number of rotatable bonds is 5.